The fourth-order valence-electron chi connectivity index (χ4n) is 6.82. The monoisotopic (exact) mass is 510 g/mol. The third kappa shape index (κ3) is 6.35. The first-order chi connectivity index (χ1) is 17.3. The van der Waals surface area contributed by atoms with E-state index in [4.69, 9.17) is 9.47 Å². The number of ether oxygens (including phenoxy) is 2. The molecule has 6 heteroatoms. The Hall–Kier alpha value is -2.86. The van der Waals surface area contributed by atoms with Gasteiger partial charge >= 0.3 is 11.9 Å². The smallest absolute Gasteiger partial charge is 0.330 e. The van der Waals surface area contributed by atoms with Crippen LogP contribution in [0.4, 0.5) is 0 Å². The summed E-state index contributed by atoms with van der Waals surface area (Å²) >= 11 is 0. The minimum Gasteiger partial charge on any atom is -0.508 e. The Labute approximate surface area is 221 Å². The van der Waals surface area contributed by atoms with Crippen molar-refractivity contribution >= 4 is 18.0 Å². The Bertz CT molecular complexity index is 1050. The Kier molecular flexibility index (Phi) is 8.74. The lowest BCUT2D eigenvalue weighted by molar-refractivity contribution is -0.230. The summed E-state index contributed by atoms with van der Waals surface area (Å²) in [5.74, 6) is -0.652. The summed E-state index contributed by atoms with van der Waals surface area (Å²) in [4.78, 5) is 24.7. The van der Waals surface area contributed by atoms with Crippen LogP contribution in [-0.4, -0.2) is 40.5 Å². The summed E-state index contributed by atoms with van der Waals surface area (Å²) < 4.78 is 11.7. The van der Waals surface area contributed by atoms with Gasteiger partial charge in [0.25, 0.3) is 0 Å². The number of carbonyl (C=O) groups excluding carboxylic acids is 2. The van der Waals surface area contributed by atoms with Crippen LogP contribution < -0.4 is 0 Å². The van der Waals surface area contributed by atoms with Crippen LogP contribution in [-0.2, 0) is 19.1 Å². The van der Waals surface area contributed by atoms with E-state index in [-0.39, 0.29) is 41.7 Å². The molecular formula is C31H42O6. The Morgan fingerprint density at radius 1 is 1.11 bits per heavy atom. The molecule has 0 heterocycles. The summed E-state index contributed by atoms with van der Waals surface area (Å²) in [6.45, 7) is 13.7. The van der Waals surface area contributed by atoms with Crippen LogP contribution in [0.2, 0.25) is 0 Å². The molecule has 6 atom stereocenters. The molecule has 37 heavy (non-hydrogen) atoms. The largest absolute Gasteiger partial charge is 0.508 e. The molecule has 1 aromatic rings. The average Bonchev–Trinajstić information content (AvgIpc) is 2.83. The molecule has 2 N–H and O–H groups in total. The van der Waals surface area contributed by atoms with Crippen molar-refractivity contribution in [3.8, 4) is 5.75 Å². The van der Waals surface area contributed by atoms with Gasteiger partial charge in [0.1, 0.15) is 11.9 Å². The fraction of sp³-hybridized carbons (Fsp3) is 0.548. The molecular weight excluding hydrogens is 468 g/mol. The quantitative estimate of drug-likeness (QED) is 0.254. The number of aliphatic hydroxyl groups is 1. The maximum Gasteiger partial charge on any atom is 0.330 e. The third-order valence-corrected chi connectivity index (χ3v) is 8.86. The molecule has 202 valence electrons. The summed E-state index contributed by atoms with van der Waals surface area (Å²) in [6.07, 6.45) is 10.0. The zero-order valence-corrected chi connectivity index (χ0v) is 22.8. The number of esters is 2. The first-order valence-corrected chi connectivity index (χ1v) is 13.1. The van der Waals surface area contributed by atoms with E-state index < -0.39 is 17.0 Å². The van der Waals surface area contributed by atoms with Crippen LogP contribution in [0.3, 0.4) is 0 Å². The average molecular weight is 511 g/mol. The van der Waals surface area contributed by atoms with E-state index in [2.05, 4.69) is 26.5 Å². The SMILES string of the molecule is C=CC(C)=CCC1C(C)(O)CCC2C(C)(COC(=O)C=Cc3ccc(O)cc3)CCC(OC(C)=O)C12C. The Morgan fingerprint density at radius 2 is 1.78 bits per heavy atom. The predicted octanol–water partition coefficient (Wildman–Crippen LogP) is 5.99. The van der Waals surface area contributed by atoms with Crippen LogP contribution in [0.25, 0.3) is 6.08 Å². The van der Waals surface area contributed by atoms with Gasteiger partial charge in [-0.3, -0.25) is 4.79 Å². The van der Waals surface area contributed by atoms with E-state index in [1.165, 1.54) is 13.0 Å². The molecule has 6 nitrogen and oxygen atoms in total. The Balaban J connectivity index is 1.86. The summed E-state index contributed by atoms with van der Waals surface area (Å²) in [7, 11) is 0. The summed E-state index contributed by atoms with van der Waals surface area (Å²) in [5, 5.41) is 21.0. The molecule has 1 aromatic carbocycles. The highest BCUT2D eigenvalue weighted by Crippen LogP contribution is 2.63. The van der Waals surface area contributed by atoms with Gasteiger partial charge in [-0.1, -0.05) is 50.3 Å². The highest BCUT2D eigenvalue weighted by molar-refractivity contribution is 5.87. The van der Waals surface area contributed by atoms with E-state index >= 15 is 0 Å². The van der Waals surface area contributed by atoms with Crippen LogP contribution in [0, 0.1) is 22.7 Å². The predicted molar refractivity (Wildman–Crippen MR) is 145 cm³/mol. The van der Waals surface area contributed by atoms with Crippen molar-refractivity contribution in [1.82, 2.24) is 0 Å². The zero-order chi connectivity index (χ0) is 27.4. The van der Waals surface area contributed by atoms with Gasteiger partial charge in [0.05, 0.1) is 12.2 Å². The first kappa shape index (κ1) is 28.7. The molecule has 6 unspecified atom stereocenters. The molecule has 0 radical (unpaired) electrons. The van der Waals surface area contributed by atoms with Gasteiger partial charge in [0.15, 0.2) is 0 Å². The van der Waals surface area contributed by atoms with Crippen LogP contribution in [0.15, 0.2) is 54.6 Å². The van der Waals surface area contributed by atoms with Crippen molar-refractivity contribution in [2.45, 2.75) is 78.4 Å². The molecule has 0 aromatic heterocycles. The van der Waals surface area contributed by atoms with Gasteiger partial charge in [-0.2, -0.15) is 0 Å². The number of aromatic hydroxyl groups is 1. The first-order valence-electron chi connectivity index (χ1n) is 13.1. The third-order valence-electron chi connectivity index (χ3n) is 8.86. The van der Waals surface area contributed by atoms with Crippen molar-refractivity contribution < 1.29 is 29.3 Å². The second kappa shape index (κ2) is 11.3. The molecule has 0 aliphatic heterocycles. The van der Waals surface area contributed by atoms with Gasteiger partial charge in [-0.05, 0) is 81.6 Å². The lowest BCUT2D eigenvalue weighted by Crippen LogP contribution is -2.64. The molecule has 0 bridgehead atoms. The normalized spacial score (nSPS) is 34.0. The number of hydrogen-bond acceptors (Lipinski definition) is 6. The van der Waals surface area contributed by atoms with Crippen molar-refractivity contribution in [1.29, 1.82) is 0 Å². The fourth-order valence-corrected chi connectivity index (χ4v) is 6.82. The van der Waals surface area contributed by atoms with Crippen molar-refractivity contribution in [2.24, 2.45) is 22.7 Å². The summed E-state index contributed by atoms with van der Waals surface area (Å²) in [6, 6.07) is 6.57. The maximum atomic E-state index is 12.6. The molecule has 2 saturated carbocycles. The number of carbonyl (C=O) groups is 2. The van der Waals surface area contributed by atoms with E-state index in [1.54, 1.807) is 36.4 Å². The van der Waals surface area contributed by atoms with E-state index in [0.717, 1.165) is 24.0 Å². The summed E-state index contributed by atoms with van der Waals surface area (Å²) in [5.41, 5.74) is 0.0595. The van der Waals surface area contributed by atoms with E-state index in [9.17, 15) is 19.8 Å². The number of hydrogen-bond donors (Lipinski definition) is 2. The molecule has 0 saturated heterocycles. The second-order valence-electron chi connectivity index (χ2n) is 11.6. The van der Waals surface area contributed by atoms with Crippen molar-refractivity contribution in [2.75, 3.05) is 6.61 Å². The molecule has 3 rings (SSSR count). The molecule has 2 fully saturated rings. The van der Waals surface area contributed by atoms with E-state index in [1.807, 2.05) is 13.8 Å². The zero-order valence-electron chi connectivity index (χ0n) is 22.8. The molecule has 0 spiro atoms. The number of allylic oxidation sites excluding steroid dienone is 3. The topological polar surface area (TPSA) is 93.1 Å². The van der Waals surface area contributed by atoms with Crippen molar-refractivity contribution in [3.05, 3.63) is 60.2 Å². The highest BCUT2D eigenvalue weighted by atomic mass is 16.5. The molecule has 2 aliphatic rings. The van der Waals surface area contributed by atoms with Crippen LogP contribution in [0.1, 0.15) is 72.3 Å². The van der Waals surface area contributed by atoms with Crippen LogP contribution in [0.5, 0.6) is 5.75 Å². The molecule has 2 aliphatic carbocycles. The number of phenols is 1. The van der Waals surface area contributed by atoms with Gasteiger partial charge < -0.3 is 19.7 Å². The number of benzene rings is 1. The van der Waals surface area contributed by atoms with Gasteiger partial charge in [-0.15, -0.1) is 0 Å². The van der Waals surface area contributed by atoms with Gasteiger partial charge in [-0.25, -0.2) is 4.79 Å². The van der Waals surface area contributed by atoms with Gasteiger partial charge in [0, 0.05) is 23.8 Å². The number of fused-ring (bicyclic) bond motifs is 1. The van der Waals surface area contributed by atoms with Crippen LogP contribution >= 0.6 is 0 Å². The number of rotatable bonds is 8. The maximum absolute atomic E-state index is 12.6. The number of phenolic OH excluding ortho intramolecular Hbond substituents is 1. The highest BCUT2D eigenvalue weighted by Gasteiger charge is 2.63. The van der Waals surface area contributed by atoms with Gasteiger partial charge in [0.2, 0.25) is 0 Å². The van der Waals surface area contributed by atoms with Crippen molar-refractivity contribution in [3.63, 3.8) is 0 Å². The van der Waals surface area contributed by atoms with E-state index in [0.29, 0.717) is 19.3 Å². The Morgan fingerprint density at radius 3 is 2.41 bits per heavy atom. The minimum absolute atomic E-state index is 0.0784. The minimum atomic E-state index is -0.927. The lowest BCUT2D eigenvalue weighted by atomic mass is 9.44. The molecule has 0 amide bonds. The second-order valence-corrected chi connectivity index (χ2v) is 11.6. The lowest BCUT2D eigenvalue weighted by Gasteiger charge is -2.63. The standard InChI is InChI=1S/C31H42O6/c1-7-21(2)8-14-26-30(5,35)19-16-25-29(4,18-17-27(31(25,26)6)37-22(3)32)20-36-28(34)15-11-23-9-12-24(33)13-10-23/h7-13,15,25-27,33,35H,1,14,16-20H2,2-6H3.